The number of fused-ring (bicyclic) bond motifs is 1. The predicted octanol–water partition coefficient (Wildman–Crippen LogP) is 1.37. The van der Waals surface area contributed by atoms with Gasteiger partial charge >= 0.3 is 0 Å². The molecule has 0 aliphatic carbocycles. The summed E-state index contributed by atoms with van der Waals surface area (Å²) in [5, 5.41) is 6.17. The Bertz CT molecular complexity index is 682. The number of benzene rings is 1. The van der Waals surface area contributed by atoms with Crippen molar-refractivity contribution < 1.29 is 23.8 Å². The zero-order valence-electron chi connectivity index (χ0n) is 17.3. The van der Waals surface area contributed by atoms with Crippen molar-refractivity contribution >= 4 is 17.5 Å². The Morgan fingerprint density at radius 3 is 2.79 bits per heavy atom. The maximum absolute atomic E-state index is 13.1. The highest BCUT2D eigenvalue weighted by molar-refractivity contribution is 5.99. The largest absolute Gasteiger partial charge is 0.491 e. The number of nitrogens with zero attached hydrogens (tertiary/aromatic N) is 1. The first kappa shape index (κ1) is 22.1. The van der Waals surface area contributed by atoms with Gasteiger partial charge in [-0.2, -0.15) is 0 Å². The molecule has 3 atom stereocenters. The Balaban J connectivity index is 2.33. The highest BCUT2D eigenvalue weighted by atomic mass is 16.5. The summed E-state index contributed by atoms with van der Waals surface area (Å²) < 4.78 is 16.4. The van der Waals surface area contributed by atoms with Gasteiger partial charge in [0.2, 0.25) is 5.91 Å². The van der Waals surface area contributed by atoms with Gasteiger partial charge in [-0.05, 0) is 31.0 Å². The molecule has 2 rings (SSSR count). The predicted molar refractivity (Wildman–Crippen MR) is 107 cm³/mol. The molecular weight excluding hydrogens is 362 g/mol. The molecule has 0 saturated heterocycles. The van der Waals surface area contributed by atoms with Crippen LogP contribution in [0.1, 0.15) is 24.2 Å². The number of anilines is 1. The van der Waals surface area contributed by atoms with Crippen molar-refractivity contribution in [3.63, 3.8) is 0 Å². The number of likely N-dealkylation sites (N-methyl/N-ethyl adjacent to an activating group) is 1. The van der Waals surface area contributed by atoms with Gasteiger partial charge in [0.05, 0.1) is 11.7 Å². The molecule has 2 amide bonds. The van der Waals surface area contributed by atoms with Crippen molar-refractivity contribution in [2.24, 2.45) is 5.92 Å². The number of rotatable bonds is 4. The molecule has 0 unspecified atom stereocenters. The molecule has 0 saturated carbocycles. The van der Waals surface area contributed by atoms with Crippen molar-refractivity contribution in [1.82, 2.24) is 10.2 Å². The van der Waals surface area contributed by atoms with Crippen LogP contribution in [0.5, 0.6) is 5.75 Å². The molecular formula is C20H31N3O5. The Labute approximate surface area is 166 Å². The lowest BCUT2D eigenvalue weighted by atomic mass is 10.0. The van der Waals surface area contributed by atoms with Gasteiger partial charge in [-0.15, -0.1) is 0 Å². The fraction of sp³-hybridized carbons (Fsp3) is 0.600. The first-order valence-corrected chi connectivity index (χ1v) is 9.43. The molecule has 28 heavy (non-hydrogen) atoms. The number of nitrogens with one attached hydrogen (secondary N) is 2. The lowest BCUT2D eigenvalue weighted by Crippen LogP contribution is -2.44. The SMILES string of the molecule is COCC(=O)Nc1ccc2c(c1)C(=O)N(C)C[C@@H](OC)[C@H](C)CN[C@@H](C)CO2. The van der Waals surface area contributed by atoms with Crippen molar-refractivity contribution in [2.45, 2.75) is 26.0 Å². The number of carbonyl (C=O) groups is 2. The molecule has 0 aromatic heterocycles. The smallest absolute Gasteiger partial charge is 0.257 e. The van der Waals surface area contributed by atoms with Gasteiger partial charge in [0, 0.05) is 46.1 Å². The summed E-state index contributed by atoms with van der Waals surface area (Å²) in [7, 11) is 4.85. The second-order valence-corrected chi connectivity index (χ2v) is 7.25. The van der Waals surface area contributed by atoms with Crippen LogP contribution in [0.4, 0.5) is 5.69 Å². The molecule has 8 heteroatoms. The quantitative estimate of drug-likeness (QED) is 0.803. The maximum atomic E-state index is 13.1. The first-order valence-electron chi connectivity index (χ1n) is 9.43. The van der Waals surface area contributed by atoms with Gasteiger partial charge in [-0.3, -0.25) is 9.59 Å². The number of methoxy groups -OCH3 is 2. The van der Waals surface area contributed by atoms with Crippen LogP contribution in [-0.2, 0) is 14.3 Å². The van der Waals surface area contributed by atoms with E-state index in [4.69, 9.17) is 14.2 Å². The molecule has 0 bridgehead atoms. The zero-order chi connectivity index (χ0) is 20.7. The fourth-order valence-electron chi connectivity index (χ4n) is 3.07. The minimum Gasteiger partial charge on any atom is -0.491 e. The maximum Gasteiger partial charge on any atom is 0.257 e. The van der Waals surface area contributed by atoms with E-state index < -0.39 is 0 Å². The van der Waals surface area contributed by atoms with Gasteiger partial charge in [0.1, 0.15) is 19.0 Å². The van der Waals surface area contributed by atoms with Crippen molar-refractivity contribution in [3.8, 4) is 5.75 Å². The van der Waals surface area contributed by atoms with Crippen LogP contribution in [0.3, 0.4) is 0 Å². The zero-order valence-corrected chi connectivity index (χ0v) is 17.3. The van der Waals surface area contributed by atoms with E-state index in [9.17, 15) is 9.59 Å². The van der Waals surface area contributed by atoms with Crippen LogP contribution in [0.15, 0.2) is 18.2 Å². The number of ether oxygens (including phenoxy) is 3. The third-order valence-corrected chi connectivity index (χ3v) is 4.78. The minimum absolute atomic E-state index is 0.0575. The monoisotopic (exact) mass is 393 g/mol. The number of carbonyl (C=O) groups excluding carboxylic acids is 2. The molecule has 0 spiro atoms. The van der Waals surface area contributed by atoms with E-state index in [0.717, 1.165) is 6.54 Å². The molecule has 156 valence electrons. The van der Waals surface area contributed by atoms with E-state index in [1.165, 1.54) is 7.11 Å². The van der Waals surface area contributed by atoms with Crippen LogP contribution < -0.4 is 15.4 Å². The van der Waals surface area contributed by atoms with Gasteiger partial charge in [-0.25, -0.2) is 0 Å². The molecule has 1 aliphatic rings. The number of hydrogen-bond donors (Lipinski definition) is 2. The Kier molecular flexibility index (Phi) is 8.22. The van der Waals surface area contributed by atoms with Crippen LogP contribution in [-0.4, -0.2) is 76.4 Å². The Morgan fingerprint density at radius 2 is 2.11 bits per heavy atom. The third-order valence-electron chi connectivity index (χ3n) is 4.78. The van der Waals surface area contributed by atoms with Gasteiger partial charge in [0.25, 0.3) is 5.91 Å². The third kappa shape index (κ3) is 5.92. The summed E-state index contributed by atoms with van der Waals surface area (Å²) >= 11 is 0. The van der Waals surface area contributed by atoms with Gasteiger partial charge < -0.3 is 29.7 Å². The Morgan fingerprint density at radius 1 is 1.36 bits per heavy atom. The van der Waals surface area contributed by atoms with Crippen molar-refractivity contribution in [2.75, 3.05) is 52.9 Å². The topological polar surface area (TPSA) is 89.1 Å². The standard InChI is InChI=1S/C20H31N3O5/c1-13-9-21-14(2)11-28-17-7-6-15(22-19(24)12-26-4)8-16(17)20(25)23(3)10-18(13)27-5/h6-8,13-14,18,21H,9-12H2,1-5H3,(H,22,24)/t13-,14+,18-/m1/s1. The summed E-state index contributed by atoms with van der Waals surface area (Å²) in [5.74, 6) is 0.232. The van der Waals surface area contributed by atoms with Gasteiger partial charge in [-0.1, -0.05) is 6.92 Å². The summed E-state index contributed by atoms with van der Waals surface area (Å²) in [6.07, 6.45) is -0.0953. The highest BCUT2D eigenvalue weighted by Crippen LogP contribution is 2.25. The molecule has 1 aliphatic heterocycles. The lowest BCUT2D eigenvalue weighted by molar-refractivity contribution is -0.119. The van der Waals surface area contributed by atoms with E-state index in [-0.39, 0.29) is 36.5 Å². The average Bonchev–Trinajstić information content (AvgIpc) is 2.67. The van der Waals surface area contributed by atoms with E-state index in [1.54, 1.807) is 37.3 Å². The molecule has 1 aromatic carbocycles. The van der Waals surface area contributed by atoms with E-state index in [1.807, 2.05) is 6.92 Å². The summed E-state index contributed by atoms with van der Waals surface area (Å²) in [6, 6.07) is 5.17. The second-order valence-electron chi connectivity index (χ2n) is 7.25. The van der Waals surface area contributed by atoms with Crippen LogP contribution in [0.25, 0.3) is 0 Å². The fourth-order valence-corrected chi connectivity index (χ4v) is 3.07. The van der Waals surface area contributed by atoms with Crippen LogP contribution in [0, 0.1) is 5.92 Å². The normalized spacial score (nSPS) is 23.8. The summed E-state index contributed by atoms with van der Waals surface area (Å²) in [4.78, 5) is 26.5. The highest BCUT2D eigenvalue weighted by Gasteiger charge is 2.25. The van der Waals surface area contributed by atoms with Crippen molar-refractivity contribution in [3.05, 3.63) is 23.8 Å². The van der Waals surface area contributed by atoms with Crippen LogP contribution in [0.2, 0.25) is 0 Å². The molecule has 1 heterocycles. The molecule has 0 fully saturated rings. The summed E-state index contributed by atoms with van der Waals surface area (Å²) in [5.41, 5.74) is 0.911. The second kappa shape index (κ2) is 10.4. The van der Waals surface area contributed by atoms with Crippen molar-refractivity contribution in [1.29, 1.82) is 0 Å². The lowest BCUT2D eigenvalue weighted by Gasteiger charge is -2.30. The van der Waals surface area contributed by atoms with Gasteiger partial charge in [0.15, 0.2) is 0 Å². The molecule has 0 radical (unpaired) electrons. The molecule has 8 nitrogen and oxygen atoms in total. The number of amides is 2. The number of hydrogen-bond acceptors (Lipinski definition) is 6. The van der Waals surface area contributed by atoms with Crippen LogP contribution >= 0.6 is 0 Å². The summed E-state index contributed by atoms with van der Waals surface area (Å²) in [6.45, 7) is 5.71. The first-order chi connectivity index (χ1) is 13.3. The minimum atomic E-state index is -0.289. The van der Waals surface area contributed by atoms with E-state index in [2.05, 4.69) is 17.6 Å². The van der Waals surface area contributed by atoms with E-state index >= 15 is 0 Å². The molecule has 2 N–H and O–H groups in total. The van der Waals surface area contributed by atoms with E-state index in [0.29, 0.717) is 30.2 Å². The Hall–Kier alpha value is -2.16. The molecule has 1 aromatic rings. The average molecular weight is 393 g/mol.